The predicted molar refractivity (Wildman–Crippen MR) is 206 cm³/mol. The van der Waals surface area contributed by atoms with E-state index in [-0.39, 0.29) is 67.1 Å². The summed E-state index contributed by atoms with van der Waals surface area (Å²) in [5, 5.41) is 5.86. The molecule has 5 heterocycles. The van der Waals surface area contributed by atoms with Crippen LogP contribution >= 0.6 is 0 Å². The van der Waals surface area contributed by atoms with Crippen molar-refractivity contribution in [3.8, 4) is 16.9 Å². The number of likely N-dealkylation sites (tertiary alicyclic amines) is 1. The summed E-state index contributed by atoms with van der Waals surface area (Å²) in [6.07, 6.45) is -3.06. The Morgan fingerprint density at radius 2 is 1.66 bits per heavy atom. The third-order valence-electron chi connectivity index (χ3n) is 11.5. The Labute approximate surface area is 335 Å². The third kappa shape index (κ3) is 9.32. The lowest BCUT2D eigenvalue weighted by atomic mass is 9.92. The van der Waals surface area contributed by atoms with Crippen molar-refractivity contribution >= 4 is 39.9 Å². The van der Waals surface area contributed by atoms with Crippen molar-refractivity contribution < 1.29 is 45.5 Å². The number of halogens is 6. The maximum atomic E-state index is 14.3. The number of amides is 3. The number of rotatable bonds is 9. The van der Waals surface area contributed by atoms with Crippen LogP contribution in [0.5, 0.6) is 5.75 Å². The van der Waals surface area contributed by atoms with Gasteiger partial charge < -0.3 is 24.4 Å². The summed E-state index contributed by atoms with van der Waals surface area (Å²) in [6, 6.07) is 9.08. The zero-order valence-corrected chi connectivity index (χ0v) is 32.3. The number of fused-ring (bicyclic) bond motifs is 1. The maximum absolute atomic E-state index is 14.3. The van der Waals surface area contributed by atoms with Gasteiger partial charge in [-0.05, 0) is 73.4 Å². The highest BCUT2D eigenvalue weighted by Crippen LogP contribution is 2.40. The van der Waals surface area contributed by atoms with Gasteiger partial charge in [-0.15, -0.1) is 13.2 Å². The Morgan fingerprint density at radius 3 is 2.34 bits per heavy atom. The molecule has 3 aliphatic heterocycles. The monoisotopic (exact) mass is 827 g/mol. The zero-order valence-electron chi connectivity index (χ0n) is 32.3. The predicted octanol–water partition coefficient (Wildman–Crippen LogP) is 6.07. The van der Waals surface area contributed by atoms with Gasteiger partial charge in [-0.1, -0.05) is 12.1 Å². The van der Waals surface area contributed by atoms with Crippen LogP contribution in [0, 0.1) is 5.92 Å². The molecule has 3 fully saturated rings. The molecule has 0 bridgehead atoms. The summed E-state index contributed by atoms with van der Waals surface area (Å²) < 4.78 is 89.7. The van der Waals surface area contributed by atoms with Crippen LogP contribution in [-0.2, 0) is 34.2 Å². The molecule has 7 rings (SSSR count). The van der Waals surface area contributed by atoms with Gasteiger partial charge in [0.15, 0.2) is 0 Å². The molecule has 0 saturated carbocycles. The van der Waals surface area contributed by atoms with Crippen molar-refractivity contribution in [3.63, 3.8) is 0 Å². The topological polar surface area (TPSA) is 129 Å². The van der Waals surface area contributed by atoms with Crippen molar-refractivity contribution in [2.75, 3.05) is 43.4 Å². The van der Waals surface area contributed by atoms with Gasteiger partial charge in [0.25, 0.3) is 5.56 Å². The standard InChI is InChI=1S/C41H43F6N7O5/c1-51-23-31(29-9-14-48-21-30(29)39(51)58)25-3-4-26(35(19-25)59-41(45,46)47)22-53-15-12-28(13-16-53)52(2)38(57)24-10-17-54(18-11-24)34-7-5-27(20-32(34)40(42,43)44)49-33-6-8-36(55)50-37(33)56/h3-5,7,9,14,19-21,23-24,28,33,49H,6,8,10-13,15-18,22H2,1-2H3,(H,50,55,56). The number of alkyl halides is 6. The molecule has 0 radical (unpaired) electrons. The van der Waals surface area contributed by atoms with Crippen LogP contribution < -0.4 is 25.8 Å². The minimum absolute atomic E-state index is 0.0190. The fraction of sp³-hybridized carbons (Fsp3) is 0.439. The van der Waals surface area contributed by atoms with E-state index >= 15 is 0 Å². The first-order valence-electron chi connectivity index (χ1n) is 19.3. The highest BCUT2D eigenvalue weighted by atomic mass is 19.4. The van der Waals surface area contributed by atoms with Crippen LogP contribution in [0.1, 0.15) is 49.7 Å². The molecule has 1 atom stereocenters. The average molecular weight is 828 g/mol. The summed E-state index contributed by atoms with van der Waals surface area (Å²) >= 11 is 0. The van der Waals surface area contributed by atoms with Crippen LogP contribution in [0.3, 0.4) is 0 Å². The molecule has 1 unspecified atom stereocenters. The van der Waals surface area contributed by atoms with Crippen molar-refractivity contribution in [2.24, 2.45) is 13.0 Å². The number of aromatic nitrogens is 2. The van der Waals surface area contributed by atoms with Gasteiger partial charge in [-0.25, -0.2) is 0 Å². The first-order chi connectivity index (χ1) is 27.9. The average Bonchev–Trinajstić information content (AvgIpc) is 3.20. The number of imide groups is 1. The van der Waals surface area contributed by atoms with Gasteiger partial charge in [0.2, 0.25) is 17.7 Å². The second-order valence-electron chi connectivity index (χ2n) is 15.3. The molecule has 2 aromatic carbocycles. The van der Waals surface area contributed by atoms with Crippen LogP contribution in [0.4, 0.5) is 37.7 Å². The largest absolute Gasteiger partial charge is 0.573 e. The lowest BCUT2D eigenvalue weighted by molar-refractivity contribution is -0.275. The van der Waals surface area contributed by atoms with Crippen LogP contribution in [0.25, 0.3) is 21.9 Å². The van der Waals surface area contributed by atoms with Gasteiger partial charge in [0, 0.05) is 106 Å². The van der Waals surface area contributed by atoms with Crippen molar-refractivity contribution in [1.29, 1.82) is 0 Å². The Kier molecular flexibility index (Phi) is 11.6. The summed E-state index contributed by atoms with van der Waals surface area (Å²) in [4.78, 5) is 59.3. The summed E-state index contributed by atoms with van der Waals surface area (Å²) in [6.45, 7) is 1.62. The first-order valence-corrected chi connectivity index (χ1v) is 19.3. The van der Waals surface area contributed by atoms with Crippen LogP contribution in [0.2, 0.25) is 0 Å². The molecule has 314 valence electrons. The summed E-state index contributed by atoms with van der Waals surface area (Å²) in [7, 11) is 3.28. The van der Waals surface area contributed by atoms with Gasteiger partial charge in [0.05, 0.1) is 10.9 Å². The van der Waals surface area contributed by atoms with E-state index in [0.29, 0.717) is 66.2 Å². The van der Waals surface area contributed by atoms with E-state index in [4.69, 9.17) is 0 Å². The number of nitrogens with zero attached hydrogens (tertiary/aromatic N) is 5. The van der Waals surface area contributed by atoms with Crippen LogP contribution in [-0.4, -0.2) is 88.7 Å². The number of hydrogen-bond acceptors (Lipinski definition) is 9. The minimum Gasteiger partial charge on any atom is -0.405 e. The molecule has 0 aliphatic carbocycles. The highest BCUT2D eigenvalue weighted by molar-refractivity contribution is 6.01. The van der Waals surface area contributed by atoms with E-state index < -0.39 is 41.9 Å². The number of piperidine rings is 3. The normalized spacial score (nSPS) is 18.8. The second-order valence-corrected chi connectivity index (χ2v) is 15.3. The van der Waals surface area contributed by atoms with Crippen molar-refractivity contribution in [1.82, 2.24) is 24.7 Å². The molecule has 3 aliphatic rings. The Balaban J connectivity index is 0.961. The lowest BCUT2D eigenvalue weighted by Crippen LogP contribution is -2.49. The van der Waals surface area contributed by atoms with Crippen molar-refractivity contribution in [3.05, 3.63) is 82.5 Å². The number of carbonyl (C=O) groups excluding carboxylic acids is 3. The molecular formula is C41H43F6N7O5. The fourth-order valence-corrected chi connectivity index (χ4v) is 8.32. The van der Waals surface area contributed by atoms with E-state index in [9.17, 15) is 45.5 Å². The number of aryl methyl sites for hydroxylation is 1. The molecule has 3 saturated heterocycles. The van der Waals surface area contributed by atoms with E-state index in [1.54, 1.807) is 48.3 Å². The van der Waals surface area contributed by atoms with E-state index in [1.165, 1.54) is 35.2 Å². The molecule has 0 spiro atoms. The molecule has 3 amide bonds. The number of pyridine rings is 2. The Morgan fingerprint density at radius 1 is 0.932 bits per heavy atom. The molecule has 18 heteroatoms. The number of carbonyl (C=O) groups is 3. The minimum atomic E-state index is -4.95. The summed E-state index contributed by atoms with van der Waals surface area (Å²) in [5.74, 6) is -1.86. The number of ether oxygens (including phenoxy) is 1. The molecular weight excluding hydrogens is 784 g/mol. The molecule has 2 aromatic heterocycles. The van der Waals surface area contributed by atoms with Crippen LogP contribution in [0.15, 0.2) is 65.8 Å². The van der Waals surface area contributed by atoms with Gasteiger partial charge in [-0.2, -0.15) is 13.2 Å². The third-order valence-corrected chi connectivity index (χ3v) is 11.5. The van der Waals surface area contributed by atoms with Crippen molar-refractivity contribution in [2.45, 2.75) is 69.7 Å². The van der Waals surface area contributed by atoms with Gasteiger partial charge >= 0.3 is 12.5 Å². The lowest BCUT2D eigenvalue weighted by Gasteiger charge is -2.40. The summed E-state index contributed by atoms with van der Waals surface area (Å²) in [5.41, 5.74) is 0.232. The van der Waals surface area contributed by atoms with E-state index in [1.807, 2.05) is 4.90 Å². The highest BCUT2D eigenvalue weighted by Gasteiger charge is 2.39. The number of benzene rings is 2. The number of hydrogen-bond donors (Lipinski definition) is 2. The Bertz CT molecular complexity index is 2300. The second kappa shape index (κ2) is 16.5. The molecule has 59 heavy (non-hydrogen) atoms. The Hall–Kier alpha value is -5.65. The fourth-order valence-electron chi connectivity index (χ4n) is 8.32. The molecule has 4 aromatic rings. The number of anilines is 2. The van der Waals surface area contributed by atoms with Gasteiger partial charge in [-0.3, -0.25) is 34.4 Å². The zero-order chi connectivity index (χ0) is 42.2. The van der Waals surface area contributed by atoms with E-state index in [2.05, 4.69) is 20.4 Å². The smallest absolute Gasteiger partial charge is 0.405 e. The van der Waals surface area contributed by atoms with E-state index in [0.717, 1.165) is 6.07 Å². The maximum Gasteiger partial charge on any atom is 0.573 e. The first kappa shape index (κ1) is 41.5. The van der Waals surface area contributed by atoms with Gasteiger partial charge in [0.1, 0.15) is 11.8 Å². The SMILES string of the molecule is CN(C(=O)C1CCN(c2ccc(NC3CCC(=O)NC3=O)cc2C(F)(F)F)CC1)C1CCN(Cc2ccc(-c3cn(C)c(=O)c4cnccc34)cc2OC(F)(F)F)CC1. The number of nitrogens with one attached hydrogen (secondary N) is 2. The molecule has 12 nitrogen and oxygen atoms in total. The molecule has 2 N–H and O–H groups in total. The quantitative estimate of drug-likeness (QED) is 0.153.